The van der Waals surface area contributed by atoms with Gasteiger partial charge < -0.3 is 9.64 Å². The van der Waals surface area contributed by atoms with Gasteiger partial charge in [0.15, 0.2) is 17.5 Å². The van der Waals surface area contributed by atoms with Crippen molar-refractivity contribution in [2.75, 3.05) is 32.5 Å². The first-order valence-electron chi connectivity index (χ1n) is 12.4. The molecule has 210 valence electrons. The number of alkyl halides is 1. The van der Waals surface area contributed by atoms with E-state index in [9.17, 15) is 23.2 Å². The van der Waals surface area contributed by atoms with Gasteiger partial charge in [-0.25, -0.2) is 23.0 Å². The second kappa shape index (κ2) is 12.7. The van der Waals surface area contributed by atoms with Crippen molar-refractivity contribution in [2.24, 2.45) is 5.41 Å². The molecule has 39 heavy (non-hydrogen) atoms. The number of nitrogens with one attached hydrogen (secondary N) is 1. The topological polar surface area (TPSA) is 74.7 Å². The number of carbonyl (C=O) groups is 1. The number of amides is 1. The quantitative estimate of drug-likeness (QED) is 0.0932. The minimum atomic E-state index is -1.50. The second-order valence-corrected chi connectivity index (χ2v) is 11.1. The van der Waals surface area contributed by atoms with E-state index in [0.29, 0.717) is 54.9 Å². The molecule has 1 aliphatic heterocycles. The van der Waals surface area contributed by atoms with Crippen molar-refractivity contribution in [3.8, 4) is 5.75 Å². The predicted molar refractivity (Wildman–Crippen MR) is 141 cm³/mol. The third kappa shape index (κ3) is 6.59. The first-order chi connectivity index (χ1) is 18.7. The highest BCUT2D eigenvalue weighted by atomic mass is 35.5. The van der Waals surface area contributed by atoms with Crippen molar-refractivity contribution in [3.05, 3.63) is 64.6 Å². The number of piperidine rings is 1. The van der Waals surface area contributed by atoms with Gasteiger partial charge in [-0.15, -0.1) is 11.8 Å². The maximum absolute atomic E-state index is 15.7. The molecule has 0 bridgehead atoms. The van der Waals surface area contributed by atoms with Crippen molar-refractivity contribution in [2.45, 2.75) is 36.8 Å². The molecule has 4 rings (SSSR count). The monoisotopic (exact) mass is 585 g/mol. The standard InChI is InChI=1S/C27H28ClF4N3O3S/c1-38-16-2-3-23-18(12-16)24(19(28)15-33-23)20(29)4-5-27(26(36)34-37)6-8-35(9-7-27)10-11-39-17-13-21(30)25(32)22(31)14-17/h2-3,12-15,20,37H,4-11H2,1H3,(H,34,36). The summed E-state index contributed by atoms with van der Waals surface area (Å²) in [6.45, 7) is 1.58. The van der Waals surface area contributed by atoms with Crippen LogP contribution in [0.4, 0.5) is 17.6 Å². The average Bonchev–Trinajstić information content (AvgIpc) is 2.94. The van der Waals surface area contributed by atoms with E-state index in [1.165, 1.54) is 25.1 Å². The molecule has 6 nitrogen and oxygen atoms in total. The zero-order valence-electron chi connectivity index (χ0n) is 21.2. The smallest absolute Gasteiger partial charge is 0.249 e. The minimum Gasteiger partial charge on any atom is -0.497 e. The number of rotatable bonds is 10. The van der Waals surface area contributed by atoms with Crippen LogP contribution in [0.2, 0.25) is 5.02 Å². The summed E-state index contributed by atoms with van der Waals surface area (Å²) in [5.74, 6) is -3.50. The van der Waals surface area contributed by atoms with Crippen LogP contribution in [0.1, 0.15) is 37.4 Å². The molecule has 2 heterocycles. The zero-order valence-corrected chi connectivity index (χ0v) is 22.7. The summed E-state index contributed by atoms with van der Waals surface area (Å²) in [4.78, 5) is 19.4. The Morgan fingerprint density at radius 3 is 2.56 bits per heavy atom. The highest BCUT2D eigenvalue weighted by Crippen LogP contribution is 2.42. The van der Waals surface area contributed by atoms with Crippen molar-refractivity contribution < 1.29 is 32.3 Å². The molecule has 2 aromatic carbocycles. The number of halogens is 5. The molecule has 0 spiro atoms. The lowest BCUT2D eigenvalue weighted by Gasteiger charge is -2.40. The molecule has 1 amide bonds. The third-order valence-electron chi connectivity index (χ3n) is 7.29. The molecule has 1 aromatic heterocycles. The Morgan fingerprint density at radius 2 is 1.92 bits per heavy atom. The number of nitrogens with zero attached hydrogens (tertiary/aromatic N) is 2. The summed E-state index contributed by atoms with van der Waals surface area (Å²) in [5.41, 5.74) is 1.63. The van der Waals surface area contributed by atoms with Crippen molar-refractivity contribution in [1.29, 1.82) is 0 Å². The Bertz CT molecular complexity index is 1320. The summed E-state index contributed by atoms with van der Waals surface area (Å²) >= 11 is 7.54. The van der Waals surface area contributed by atoms with Crippen LogP contribution in [0.5, 0.6) is 5.75 Å². The Kier molecular flexibility index (Phi) is 9.58. The number of methoxy groups -OCH3 is 1. The van der Waals surface area contributed by atoms with Gasteiger partial charge in [0.05, 0.1) is 23.1 Å². The normalized spacial score (nSPS) is 16.3. The molecular formula is C27H28ClF4N3O3S. The lowest BCUT2D eigenvalue weighted by atomic mass is 9.73. The molecule has 0 saturated carbocycles. The molecule has 1 saturated heterocycles. The highest BCUT2D eigenvalue weighted by molar-refractivity contribution is 7.99. The van der Waals surface area contributed by atoms with Crippen LogP contribution in [-0.4, -0.2) is 53.5 Å². The number of hydrogen-bond donors (Lipinski definition) is 2. The molecule has 0 aliphatic carbocycles. The maximum Gasteiger partial charge on any atom is 0.249 e. The lowest BCUT2D eigenvalue weighted by Crippen LogP contribution is -2.48. The van der Waals surface area contributed by atoms with E-state index in [0.717, 1.165) is 12.1 Å². The molecule has 1 atom stereocenters. The number of ether oxygens (including phenoxy) is 1. The number of pyridine rings is 1. The fourth-order valence-electron chi connectivity index (χ4n) is 4.98. The molecule has 12 heteroatoms. The summed E-state index contributed by atoms with van der Waals surface area (Å²) in [5, 5.41) is 10.1. The molecule has 0 radical (unpaired) electrons. The number of likely N-dealkylation sites (tertiary alicyclic amines) is 1. The molecular weight excluding hydrogens is 558 g/mol. The SMILES string of the molecule is COc1ccc2ncc(Cl)c(C(F)CCC3(C(=O)NO)CCN(CCSc4cc(F)c(F)c(F)c4)CC3)c2c1. The summed E-state index contributed by atoms with van der Waals surface area (Å²) in [7, 11) is 1.51. The molecule has 2 N–H and O–H groups in total. The second-order valence-electron chi connectivity index (χ2n) is 9.52. The predicted octanol–water partition coefficient (Wildman–Crippen LogP) is 6.48. The fourth-order valence-corrected chi connectivity index (χ4v) is 6.21. The van der Waals surface area contributed by atoms with Gasteiger partial charge in [-0.2, -0.15) is 0 Å². The summed E-state index contributed by atoms with van der Waals surface area (Å²) < 4.78 is 61.0. The average molecular weight is 586 g/mol. The van der Waals surface area contributed by atoms with Gasteiger partial charge in [-0.1, -0.05) is 11.6 Å². The first-order valence-corrected chi connectivity index (χ1v) is 13.7. The van der Waals surface area contributed by atoms with Gasteiger partial charge >= 0.3 is 0 Å². The number of hydroxylamine groups is 1. The van der Waals surface area contributed by atoms with Crippen molar-refractivity contribution in [3.63, 3.8) is 0 Å². The summed E-state index contributed by atoms with van der Waals surface area (Å²) in [6, 6.07) is 7.04. The van der Waals surface area contributed by atoms with Gasteiger partial charge in [-0.05, 0) is 69.1 Å². The van der Waals surface area contributed by atoms with Crippen molar-refractivity contribution >= 4 is 40.2 Å². The molecule has 1 fully saturated rings. The van der Waals surface area contributed by atoms with Crippen LogP contribution >= 0.6 is 23.4 Å². The first kappa shape index (κ1) is 29.4. The van der Waals surface area contributed by atoms with Crippen LogP contribution < -0.4 is 10.2 Å². The van der Waals surface area contributed by atoms with Crippen LogP contribution in [0.3, 0.4) is 0 Å². The maximum atomic E-state index is 15.7. The summed E-state index contributed by atoms with van der Waals surface area (Å²) in [6.07, 6.45) is 0.872. The van der Waals surface area contributed by atoms with E-state index >= 15 is 4.39 Å². The number of thioether (sulfide) groups is 1. The van der Waals surface area contributed by atoms with E-state index in [4.69, 9.17) is 16.3 Å². The van der Waals surface area contributed by atoms with Crippen LogP contribution in [0.25, 0.3) is 10.9 Å². The Labute approximate surface area is 232 Å². The third-order valence-corrected chi connectivity index (χ3v) is 8.54. The van der Waals surface area contributed by atoms with Gasteiger partial charge in [0.1, 0.15) is 11.9 Å². The van der Waals surface area contributed by atoms with Crippen LogP contribution in [0, 0.1) is 22.9 Å². The van der Waals surface area contributed by atoms with Gasteiger partial charge in [0, 0.05) is 34.3 Å². The largest absolute Gasteiger partial charge is 0.497 e. The molecule has 1 unspecified atom stereocenters. The minimum absolute atomic E-state index is 0.00100. The van der Waals surface area contributed by atoms with E-state index in [1.807, 2.05) is 0 Å². The van der Waals surface area contributed by atoms with Crippen LogP contribution in [0.15, 0.2) is 41.4 Å². The van der Waals surface area contributed by atoms with Gasteiger partial charge in [0.2, 0.25) is 5.91 Å². The number of hydrogen-bond acceptors (Lipinski definition) is 6. The number of carbonyl (C=O) groups excluding carboxylic acids is 1. The Balaban J connectivity index is 1.39. The number of benzene rings is 2. The highest BCUT2D eigenvalue weighted by Gasteiger charge is 2.41. The van der Waals surface area contributed by atoms with Crippen LogP contribution in [-0.2, 0) is 4.79 Å². The Morgan fingerprint density at radius 1 is 1.23 bits per heavy atom. The van der Waals surface area contributed by atoms with Crippen molar-refractivity contribution in [1.82, 2.24) is 15.4 Å². The van der Waals surface area contributed by atoms with E-state index in [1.54, 1.807) is 23.7 Å². The number of fused-ring (bicyclic) bond motifs is 1. The number of aromatic nitrogens is 1. The Hall–Kier alpha value is -2.60. The van der Waals surface area contributed by atoms with Gasteiger partial charge in [0.25, 0.3) is 0 Å². The molecule has 1 aliphatic rings. The van der Waals surface area contributed by atoms with E-state index < -0.39 is 34.9 Å². The van der Waals surface area contributed by atoms with Gasteiger partial charge in [-0.3, -0.25) is 15.0 Å². The zero-order chi connectivity index (χ0) is 28.2. The van der Waals surface area contributed by atoms with E-state index in [2.05, 4.69) is 9.88 Å². The lowest BCUT2D eigenvalue weighted by molar-refractivity contribution is -0.143. The fraction of sp³-hybridized carbons (Fsp3) is 0.407. The van der Waals surface area contributed by atoms with E-state index in [-0.39, 0.29) is 28.3 Å². The molecule has 3 aromatic rings.